The third kappa shape index (κ3) is 5.30. The van der Waals surface area contributed by atoms with Crippen LogP contribution in [0.25, 0.3) is 10.9 Å². The summed E-state index contributed by atoms with van der Waals surface area (Å²) in [7, 11) is -4.76. The molecule has 1 amide bonds. The lowest BCUT2D eigenvalue weighted by Gasteiger charge is -2.14. The van der Waals surface area contributed by atoms with Crippen LogP contribution in [0.4, 0.5) is 30.4 Å². The van der Waals surface area contributed by atoms with E-state index in [0.717, 1.165) is 19.5 Å². The van der Waals surface area contributed by atoms with Gasteiger partial charge in [0.1, 0.15) is 12.1 Å². The molecule has 36 heavy (non-hydrogen) atoms. The highest BCUT2D eigenvalue weighted by Gasteiger charge is 2.49. The van der Waals surface area contributed by atoms with Crippen molar-refractivity contribution in [3.63, 3.8) is 0 Å². The van der Waals surface area contributed by atoms with Gasteiger partial charge in [0.15, 0.2) is 11.5 Å². The zero-order valence-electron chi connectivity index (χ0n) is 18.4. The lowest BCUT2D eigenvalue weighted by Crippen LogP contribution is -2.28. The topological polar surface area (TPSA) is 120 Å². The molecule has 0 spiro atoms. The van der Waals surface area contributed by atoms with Crippen LogP contribution >= 0.6 is 0 Å². The number of fused-ring (bicyclic) bond motifs is 1. The number of nitrogens with zero attached hydrogens (tertiary/aromatic N) is 2. The minimum absolute atomic E-state index is 0.104. The van der Waals surface area contributed by atoms with Crippen molar-refractivity contribution in [3.05, 3.63) is 78.6 Å². The first kappa shape index (κ1) is 24.7. The first-order chi connectivity index (χ1) is 17.1. The Morgan fingerprint density at radius 1 is 0.917 bits per heavy atom. The van der Waals surface area contributed by atoms with E-state index in [1.165, 1.54) is 6.07 Å². The zero-order chi connectivity index (χ0) is 25.9. The molecule has 0 aliphatic rings. The van der Waals surface area contributed by atoms with Crippen molar-refractivity contribution in [2.45, 2.75) is 5.51 Å². The summed E-state index contributed by atoms with van der Waals surface area (Å²) < 4.78 is 70.4. The second kappa shape index (κ2) is 9.70. The zero-order valence-corrected chi connectivity index (χ0v) is 19.2. The average molecular weight is 518 g/mol. The molecule has 0 saturated carbocycles. The summed E-state index contributed by atoms with van der Waals surface area (Å²) in [5.74, 6) is -0.946. The standard InChI is InChI=1S/C23H17F3N4O5S/c1-34-19-11-17-18(12-20(19)35-36(32,33)23(24,25)26)27-13-28-21(17)29-15-7-9-16(10-8-15)30-22(31)14-5-3-2-4-6-14/h2-13H,1H3,(H,30,31)(H,27,28,29). The maximum absolute atomic E-state index is 12.7. The summed E-state index contributed by atoms with van der Waals surface area (Å²) in [6.45, 7) is 0. The monoisotopic (exact) mass is 518 g/mol. The van der Waals surface area contributed by atoms with E-state index < -0.39 is 21.4 Å². The number of carbonyl (C=O) groups is 1. The van der Waals surface area contributed by atoms with E-state index in [1.54, 1.807) is 48.5 Å². The lowest BCUT2D eigenvalue weighted by atomic mass is 10.2. The maximum Gasteiger partial charge on any atom is 0.534 e. The number of hydrogen-bond acceptors (Lipinski definition) is 8. The number of hydrogen-bond donors (Lipinski definition) is 2. The van der Waals surface area contributed by atoms with Crippen LogP contribution in [0.15, 0.2) is 73.1 Å². The first-order valence-corrected chi connectivity index (χ1v) is 11.6. The van der Waals surface area contributed by atoms with Gasteiger partial charge in [0.2, 0.25) is 0 Å². The number of amides is 1. The first-order valence-electron chi connectivity index (χ1n) is 10.1. The second-order valence-corrected chi connectivity index (χ2v) is 8.79. The number of alkyl halides is 3. The molecule has 0 fully saturated rings. The Labute approximate surface area is 203 Å². The molecule has 0 aliphatic heterocycles. The van der Waals surface area contributed by atoms with Gasteiger partial charge in [-0.05, 0) is 42.5 Å². The smallest absolute Gasteiger partial charge is 0.493 e. The fourth-order valence-electron chi connectivity index (χ4n) is 3.12. The summed E-state index contributed by atoms with van der Waals surface area (Å²) in [4.78, 5) is 20.4. The highest BCUT2D eigenvalue weighted by Crippen LogP contribution is 2.37. The van der Waals surface area contributed by atoms with Crippen LogP contribution in [0.5, 0.6) is 11.5 Å². The molecule has 1 heterocycles. The van der Waals surface area contributed by atoms with Crippen LogP contribution in [0.2, 0.25) is 0 Å². The third-order valence-electron chi connectivity index (χ3n) is 4.85. The Kier molecular flexibility index (Phi) is 6.66. The van der Waals surface area contributed by atoms with Gasteiger partial charge in [-0.2, -0.15) is 21.6 Å². The van der Waals surface area contributed by atoms with Gasteiger partial charge in [-0.25, -0.2) is 9.97 Å². The van der Waals surface area contributed by atoms with Crippen LogP contribution in [-0.4, -0.2) is 36.9 Å². The summed E-state index contributed by atoms with van der Waals surface area (Å²) in [5.41, 5.74) is -3.87. The van der Waals surface area contributed by atoms with Gasteiger partial charge in [0, 0.05) is 28.4 Å². The van der Waals surface area contributed by atoms with Crippen molar-refractivity contribution in [1.82, 2.24) is 9.97 Å². The van der Waals surface area contributed by atoms with Crippen LogP contribution in [-0.2, 0) is 10.1 Å². The Balaban J connectivity index is 1.57. The van der Waals surface area contributed by atoms with Crippen molar-refractivity contribution in [2.24, 2.45) is 0 Å². The quantitative estimate of drug-likeness (QED) is 0.263. The molecule has 0 aliphatic carbocycles. The number of carbonyl (C=O) groups excluding carboxylic acids is 1. The van der Waals surface area contributed by atoms with Crippen molar-refractivity contribution in [1.29, 1.82) is 0 Å². The number of nitrogens with one attached hydrogen (secondary N) is 2. The number of benzene rings is 3. The van der Waals surface area contributed by atoms with E-state index in [4.69, 9.17) is 4.74 Å². The Hall–Kier alpha value is -4.39. The van der Waals surface area contributed by atoms with E-state index in [0.29, 0.717) is 22.3 Å². The second-order valence-electron chi connectivity index (χ2n) is 7.25. The molecule has 0 bridgehead atoms. The molecule has 0 unspecified atom stereocenters. The lowest BCUT2D eigenvalue weighted by molar-refractivity contribution is -0.0500. The predicted molar refractivity (Wildman–Crippen MR) is 126 cm³/mol. The predicted octanol–water partition coefficient (Wildman–Crippen LogP) is 4.86. The highest BCUT2D eigenvalue weighted by molar-refractivity contribution is 7.88. The van der Waals surface area contributed by atoms with Crippen molar-refractivity contribution in [3.8, 4) is 11.5 Å². The number of halogens is 3. The Bertz CT molecular complexity index is 1510. The Morgan fingerprint density at radius 3 is 2.22 bits per heavy atom. The minimum Gasteiger partial charge on any atom is -0.493 e. The molecular formula is C23H17F3N4O5S. The highest BCUT2D eigenvalue weighted by atomic mass is 32.2. The van der Waals surface area contributed by atoms with E-state index in [2.05, 4.69) is 24.8 Å². The SMILES string of the molecule is COc1cc2c(Nc3ccc(NC(=O)c4ccccc4)cc3)ncnc2cc1OS(=O)(=O)C(F)(F)F. The average Bonchev–Trinajstić information content (AvgIpc) is 2.84. The molecule has 4 aromatic rings. The molecular weight excluding hydrogens is 501 g/mol. The van der Waals surface area contributed by atoms with Crippen LogP contribution < -0.4 is 19.6 Å². The van der Waals surface area contributed by atoms with Gasteiger partial charge < -0.3 is 19.6 Å². The minimum atomic E-state index is -5.91. The number of anilines is 3. The Morgan fingerprint density at radius 2 is 1.58 bits per heavy atom. The summed E-state index contributed by atoms with van der Waals surface area (Å²) in [5, 5.41) is 6.15. The summed E-state index contributed by atoms with van der Waals surface area (Å²) in [6.07, 6.45) is 1.15. The number of methoxy groups -OCH3 is 1. The molecule has 2 N–H and O–H groups in total. The molecule has 0 saturated heterocycles. The summed E-state index contributed by atoms with van der Waals surface area (Å²) >= 11 is 0. The van der Waals surface area contributed by atoms with Crippen LogP contribution in [0.3, 0.4) is 0 Å². The number of aromatic nitrogens is 2. The van der Waals surface area contributed by atoms with Crippen LogP contribution in [0.1, 0.15) is 10.4 Å². The summed E-state index contributed by atoms with van der Waals surface area (Å²) in [6, 6.07) is 17.7. The van der Waals surface area contributed by atoms with E-state index >= 15 is 0 Å². The number of ether oxygens (including phenoxy) is 1. The van der Waals surface area contributed by atoms with Gasteiger partial charge >= 0.3 is 15.6 Å². The van der Waals surface area contributed by atoms with E-state index in [-0.39, 0.29) is 23.0 Å². The van der Waals surface area contributed by atoms with Crippen molar-refractivity contribution < 1.29 is 35.3 Å². The molecule has 0 atom stereocenters. The molecule has 9 nitrogen and oxygen atoms in total. The fraction of sp³-hybridized carbons (Fsp3) is 0.0870. The third-order valence-corrected chi connectivity index (χ3v) is 5.81. The van der Waals surface area contributed by atoms with E-state index in [1.807, 2.05) is 6.07 Å². The normalized spacial score (nSPS) is 11.7. The largest absolute Gasteiger partial charge is 0.534 e. The molecule has 0 radical (unpaired) electrons. The molecule has 4 rings (SSSR count). The maximum atomic E-state index is 12.7. The molecule has 3 aromatic carbocycles. The van der Waals surface area contributed by atoms with Gasteiger partial charge in [-0.15, -0.1) is 0 Å². The van der Waals surface area contributed by atoms with E-state index in [9.17, 15) is 26.4 Å². The number of rotatable bonds is 7. The molecule has 186 valence electrons. The van der Waals surface area contributed by atoms with Crippen LogP contribution in [0, 0.1) is 0 Å². The fourth-order valence-corrected chi connectivity index (χ4v) is 3.58. The van der Waals surface area contributed by atoms with Gasteiger partial charge in [0.05, 0.1) is 12.6 Å². The van der Waals surface area contributed by atoms with Gasteiger partial charge in [-0.1, -0.05) is 18.2 Å². The molecule has 1 aromatic heterocycles. The van der Waals surface area contributed by atoms with Crippen molar-refractivity contribution in [2.75, 3.05) is 17.7 Å². The molecule has 13 heteroatoms. The van der Waals surface area contributed by atoms with Gasteiger partial charge in [-0.3, -0.25) is 4.79 Å². The van der Waals surface area contributed by atoms with Crippen molar-refractivity contribution >= 4 is 44.1 Å². The van der Waals surface area contributed by atoms with Gasteiger partial charge in [0.25, 0.3) is 5.91 Å².